The van der Waals surface area contributed by atoms with E-state index in [1.807, 2.05) is 31.6 Å². The van der Waals surface area contributed by atoms with E-state index in [0.717, 1.165) is 28.9 Å². The zero-order valence-electron chi connectivity index (χ0n) is 18.8. The van der Waals surface area contributed by atoms with Gasteiger partial charge in [-0.3, -0.25) is 14.4 Å². The smallest absolute Gasteiger partial charge is 0.232 e. The van der Waals surface area contributed by atoms with Crippen molar-refractivity contribution in [1.82, 2.24) is 24.4 Å². The van der Waals surface area contributed by atoms with Gasteiger partial charge in [0.05, 0.1) is 29.9 Å². The predicted molar refractivity (Wildman–Crippen MR) is 129 cm³/mol. The highest BCUT2D eigenvalue weighted by Crippen LogP contribution is 2.34. The van der Waals surface area contributed by atoms with Crippen LogP contribution in [0.3, 0.4) is 0 Å². The molecule has 0 fully saturated rings. The van der Waals surface area contributed by atoms with Gasteiger partial charge in [0.25, 0.3) is 0 Å². The minimum atomic E-state index is -3.60. The Morgan fingerprint density at radius 3 is 2.43 bits per heavy atom. The molecule has 0 aliphatic carbocycles. The van der Waals surface area contributed by atoms with E-state index in [4.69, 9.17) is 0 Å². The van der Waals surface area contributed by atoms with Gasteiger partial charge < -0.3 is 0 Å². The Labute approximate surface area is 199 Å². The Bertz CT molecular complexity index is 1680. The van der Waals surface area contributed by atoms with E-state index in [1.54, 1.807) is 33.7 Å². The summed E-state index contributed by atoms with van der Waals surface area (Å²) in [5.74, 6) is -1.79. The molecule has 1 aromatic carbocycles. The number of nitrogens with zero attached hydrogens (tertiary/aromatic N) is 5. The van der Waals surface area contributed by atoms with Gasteiger partial charge in [-0.05, 0) is 36.8 Å². The van der Waals surface area contributed by atoms with Crippen LogP contribution in [-0.2, 0) is 17.1 Å². The van der Waals surface area contributed by atoms with Crippen LogP contribution in [0.4, 0.5) is 14.5 Å². The van der Waals surface area contributed by atoms with Gasteiger partial charge in [0, 0.05) is 53.4 Å². The van der Waals surface area contributed by atoms with E-state index in [0.29, 0.717) is 16.7 Å². The first-order valence-electron chi connectivity index (χ1n) is 10.7. The quantitative estimate of drug-likeness (QED) is 0.375. The maximum Gasteiger partial charge on any atom is 0.232 e. The summed E-state index contributed by atoms with van der Waals surface area (Å²) in [4.78, 5) is 3.88. The predicted octanol–water partition coefficient (Wildman–Crippen LogP) is 4.50. The molecular formula is C24H20F2N6O2S. The van der Waals surface area contributed by atoms with E-state index in [2.05, 4.69) is 19.9 Å². The van der Waals surface area contributed by atoms with Crippen LogP contribution in [0.15, 0.2) is 67.4 Å². The lowest BCUT2D eigenvalue weighted by molar-refractivity contribution is 0.576. The largest absolute Gasteiger partial charge is 0.284 e. The third-order valence-corrected chi connectivity index (χ3v) is 6.84. The summed E-state index contributed by atoms with van der Waals surface area (Å²) in [6, 6.07) is 9.34. The third-order valence-electron chi connectivity index (χ3n) is 5.53. The summed E-state index contributed by atoms with van der Waals surface area (Å²) >= 11 is 0. The molecule has 0 atom stereocenters. The highest BCUT2D eigenvalue weighted by atomic mass is 32.2. The first-order chi connectivity index (χ1) is 16.7. The molecule has 4 aromatic heterocycles. The van der Waals surface area contributed by atoms with Crippen LogP contribution < -0.4 is 4.72 Å². The molecule has 8 nitrogen and oxygen atoms in total. The van der Waals surface area contributed by atoms with Gasteiger partial charge in [-0.25, -0.2) is 21.7 Å². The molecule has 0 radical (unpaired) electrons. The van der Waals surface area contributed by atoms with E-state index in [-0.39, 0.29) is 17.1 Å². The van der Waals surface area contributed by atoms with E-state index in [9.17, 15) is 17.2 Å². The van der Waals surface area contributed by atoms with Crippen LogP contribution in [-0.4, -0.2) is 38.5 Å². The molecule has 4 heterocycles. The topological polar surface area (TPSA) is 94.2 Å². The van der Waals surface area contributed by atoms with E-state index >= 15 is 0 Å². The van der Waals surface area contributed by atoms with Gasteiger partial charge in [0.15, 0.2) is 5.82 Å². The Hall–Kier alpha value is -4.12. The second kappa shape index (κ2) is 8.58. The first-order valence-corrected chi connectivity index (χ1v) is 12.3. The molecule has 0 aliphatic heterocycles. The molecule has 0 unspecified atom stereocenters. The van der Waals surface area contributed by atoms with Crippen molar-refractivity contribution < 1.29 is 17.2 Å². The Kier molecular flexibility index (Phi) is 5.56. The second-order valence-corrected chi connectivity index (χ2v) is 10.0. The molecular weight excluding hydrogens is 474 g/mol. The number of pyridine rings is 2. The van der Waals surface area contributed by atoms with Gasteiger partial charge in [-0.1, -0.05) is 6.07 Å². The number of rotatable bonds is 6. The number of anilines is 1. The van der Waals surface area contributed by atoms with Crippen LogP contribution in [0.2, 0.25) is 0 Å². The third kappa shape index (κ3) is 4.50. The summed E-state index contributed by atoms with van der Waals surface area (Å²) in [6.07, 6.45) is 8.07. The maximum atomic E-state index is 14.5. The molecule has 178 valence electrons. The molecule has 0 aliphatic rings. The summed E-state index contributed by atoms with van der Waals surface area (Å²) < 4.78 is 58.4. The SMILES string of the molecule is CCS(=O)(=O)Nc1cc(-c2ncc(F)cc2F)cc(-c2cnn3cc(-c4cnn(C)c4)ccc23)c1. The Balaban J connectivity index is 1.65. The average molecular weight is 495 g/mol. The van der Waals surface area contributed by atoms with Crippen molar-refractivity contribution in [2.45, 2.75) is 6.92 Å². The fraction of sp³-hybridized carbons (Fsp3) is 0.125. The zero-order chi connectivity index (χ0) is 24.7. The molecule has 0 saturated carbocycles. The maximum absolute atomic E-state index is 14.5. The molecule has 11 heteroatoms. The van der Waals surface area contributed by atoms with E-state index in [1.165, 1.54) is 13.0 Å². The van der Waals surface area contributed by atoms with Gasteiger partial charge >= 0.3 is 0 Å². The van der Waals surface area contributed by atoms with Gasteiger partial charge in [-0.15, -0.1) is 0 Å². The number of sulfonamides is 1. The van der Waals surface area contributed by atoms with Crippen molar-refractivity contribution in [3.63, 3.8) is 0 Å². The Morgan fingerprint density at radius 2 is 1.71 bits per heavy atom. The highest BCUT2D eigenvalue weighted by Gasteiger charge is 2.16. The molecule has 35 heavy (non-hydrogen) atoms. The van der Waals surface area contributed by atoms with Gasteiger partial charge in [0.1, 0.15) is 11.5 Å². The summed E-state index contributed by atoms with van der Waals surface area (Å²) in [6.45, 7) is 1.51. The number of aryl methyl sites for hydroxylation is 1. The van der Waals surface area contributed by atoms with Crippen LogP contribution in [0.1, 0.15) is 6.92 Å². The minimum Gasteiger partial charge on any atom is -0.284 e. The fourth-order valence-corrected chi connectivity index (χ4v) is 4.43. The van der Waals surface area contributed by atoms with Crippen LogP contribution >= 0.6 is 0 Å². The van der Waals surface area contributed by atoms with Crippen molar-refractivity contribution >= 4 is 21.2 Å². The molecule has 5 aromatic rings. The van der Waals surface area contributed by atoms with Crippen molar-refractivity contribution in [2.75, 3.05) is 10.5 Å². The molecule has 0 spiro atoms. The summed E-state index contributed by atoms with van der Waals surface area (Å²) in [5, 5.41) is 8.65. The number of benzene rings is 1. The number of halogens is 2. The lowest BCUT2D eigenvalue weighted by Crippen LogP contribution is -2.14. The highest BCUT2D eigenvalue weighted by molar-refractivity contribution is 7.92. The monoisotopic (exact) mass is 494 g/mol. The van der Waals surface area contributed by atoms with Gasteiger partial charge in [0.2, 0.25) is 10.0 Å². The standard InChI is InChI=1S/C24H20F2N6O2S/c1-3-35(33,34)30-20-7-16(6-17(8-20)24-22(26)9-19(25)11-27-24)21-12-29-32-14-15(4-5-23(21)32)18-10-28-31(2)13-18/h4-14,30H,3H2,1-2H3. The van der Waals surface area contributed by atoms with Crippen molar-refractivity contribution in [3.8, 4) is 33.5 Å². The number of hydrogen-bond acceptors (Lipinski definition) is 5. The van der Waals surface area contributed by atoms with Gasteiger partial charge in [-0.2, -0.15) is 10.2 Å². The van der Waals surface area contributed by atoms with Crippen LogP contribution in [0, 0.1) is 11.6 Å². The minimum absolute atomic E-state index is 0.0967. The average Bonchev–Trinajstić information content (AvgIpc) is 3.44. The van der Waals surface area contributed by atoms with Crippen molar-refractivity contribution in [3.05, 3.63) is 79.0 Å². The Morgan fingerprint density at radius 1 is 0.914 bits per heavy atom. The molecule has 1 N–H and O–H groups in total. The molecule has 0 saturated heterocycles. The normalized spacial score (nSPS) is 11.8. The van der Waals surface area contributed by atoms with E-state index < -0.39 is 21.7 Å². The zero-order valence-corrected chi connectivity index (χ0v) is 19.6. The first kappa shape index (κ1) is 22.7. The number of aromatic nitrogens is 5. The van der Waals surface area contributed by atoms with Crippen molar-refractivity contribution in [1.29, 1.82) is 0 Å². The number of hydrogen-bond donors (Lipinski definition) is 1. The second-order valence-electron chi connectivity index (χ2n) is 8.00. The van der Waals surface area contributed by atoms with Crippen molar-refractivity contribution in [2.24, 2.45) is 7.05 Å². The molecule has 0 bridgehead atoms. The van der Waals surface area contributed by atoms with Crippen LogP contribution in [0.5, 0.6) is 0 Å². The molecule has 5 rings (SSSR count). The summed E-state index contributed by atoms with van der Waals surface area (Å²) in [7, 11) is -1.77. The number of fused-ring (bicyclic) bond motifs is 1. The lowest BCUT2D eigenvalue weighted by Gasteiger charge is -2.12. The van der Waals surface area contributed by atoms with Crippen LogP contribution in [0.25, 0.3) is 39.0 Å². The summed E-state index contributed by atoms with van der Waals surface area (Å²) in [5.41, 5.74) is 4.32. The fourth-order valence-electron chi connectivity index (χ4n) is 3.81. The number of nitrogens with one attached hydrogen (secondary N) is 1. The molecule has 0 amide bonds. The lowest BCUT2D eigenvalue weighted by atomic mass is 10.0.